The van der Waals surface area contributed by atoms with Crippen LogP contribution in [0.2, 0.25) is 0 Å². The summed E-state index contributed by atoms with van der Waals surface area (Å²) < 4.78 is 22.9. The fourth-order valence-electron chi connectivity index (χ4n) is 3.70. The molecule has 0 spiro atoms. The van der Waals surface area contributed by atoms with Crippen LogP contribution in [-0.2, 0) is 4.57 Å². The average molecular weight is 366 g/mol. The van der Waals surface area contributed by atoms with Crippen molar-refractivity contribution in [1.29, 1.82) is 0 Å². The molecule has 1 fully saturated rings. The highest BCUT2D eigenvalue weighted by Gasteiger charge is 2.22. The lowest BCUT2D eigenvalue weighted by atomic mass is 10.00. The van der Waals surface area contributed by atoms with E-state index in [0.717, 1.165) is 18.8 Å². The van der Waals surface area contributed by atoms with Gasteiger partial charge in [0, 0.05) is 6.16 Å². The minimum absolute atomic E-state index is 0.317. The van der Waals surface area contributed by atoms with Crippen molar-refractivity contribution in [3.63, 3.8) is 0 Å². The van der Waals surface area contributed by atoms with Gasteiger partial charge in [-0.05, 0) is 24.5 Å². The molecule has 1 aromatic carbocycles. The number of ether oxygens (including phenoxy) is 2. The van der Waals surface area contributed by atoms with E-state index in [-0.39, 0.29) is 5.52 Å². The molecule has 0 saturated heterocycles. The Hall–Kier alpha value is -1.28. The van der Waals surface area contributed by atoms with Crippen LogP contribution in [0, 0.1) is 5.92 Å². The van der Waals surface area contributed by atoms with Gasteiger partial charge in [0.2, 0.25) is 5.52 Å². The number of rotatable bonds is 11. The molecule has 0 heterocycles. The molecule has 0 radical (unpaired) electrons. The molecule has 0 bridgehead atoms. The van der Waals surface area contributed by atoms with Crippen LogP contribution in [0.5, 0.6) is 11.5 Å². The van der Waals surface area contributed by atoms with Crippen molar-refractivity contribution in [1.82, 2.24) is 0 Å². The molecule has 2 rings (SSSR count). The standard InChI is InChI=1S/C20H31O4P/c1-23-17-13-9-14-18(24-2)19(17)20(21)25(22)15-8-4-3-5-10-16-11-6-7-12-16/h9,13-14,16,25H,3-8,10-12,15H2,1-2H3. The van der Waals surface area contributed by atoms with Gasteiger partial charge in [0.25, 0.3) is 0 Å². The normalized spacial score (nSPS) is 15.9. The van der Waals surface area contributed by atoms with Gasteiger partial charge >= 0.3 is 0 Å². The molecule has 5 heteroatoms. The van der Waals surface area contributed by atoms with Gasteiger partial charge in [-0.15, -0.1) is 0 Å². The van der Waals surface area contributed by atoms with E-state index in [1.807, 2.05) is 0 Å². The summed E-state index contributed by atoms with van der Waals surface area (Å²) in [5, 5.41) is 0. The summed E-state index contributed by atoms with van der Waals surface area (Å²) >= 11 is 0. The zero-order valence-corrected chi connectivity index (χ0v) is 16.5. The van der Waals surface area contributed by atoms with E-state index in [9.17, 15) is 9.36 Å². The summed E-state index contributed by atoms with van der Waals surface area (Å²) in [6.45, 7) is 0. The summed E-state index contributed by atoms with van der Waals surface area (Å²) in [5.41, 5.74) is -0.0112. The fraction of sp³-hybridized carbons (Fsp3) is 0.650. The van der Waals surface area contributed by atoms with Crippen LogP contribution in [0.3, 0.4) is 0 Å². The van der Waals surface area contributed by atoms with E-state index in [1.54, 1.807) is 18.2 Å². The summed E-state index contributed by atoms with van der Waals surface area (Å²) in [6, 6.07) is 5.16. The predicted octanol–water partition coefficient (Wildman–Crippen LogP) is 5.54. The summed E-state index contributed by atoms with van der Waals surface area (Å²) in [5.74, 6) is 1.80. The number of carbonyl (C=O) groups excluding carboxylic acids is 1. The maximum Gasteiger partial charge on any atom is 0.225 e. The highest BCUT2D eigenvalue weighted by Crippen LogP contribution is 2.38. The summed E-state index contributed by atoms with van der Waals surface area (Å²) in [7, 11) is 0.679. The van der Waals surface area contributed by atoms with Gasteiger partial charge in [-0.3, -0.25) is 4.79 Å². The van der Waals surface area contributed by atoms with Crippen LogP contribution in [0.1, 0.15) is 68.1 Å². The van der Waals surface area contributed by atoms with Crippen LogP contribution in [0.4, 0.5) is 0 Å². The van der Waals surface area contributed by atoms with E-state index >= 15 is 0 Å². The molecule has 1 aromatic rings. The van der Waals surface area contributed by atoms with Crippen molar-refractivity contribution in [3.05, 3.63) is 23.8 Å². The van der Waals surface area contributed by atoms with Crippen LogP contribution in [0.15, 0.2) is 18.2 Å². The Morgan fingerprint density at radius 1 is 1.04 bits per heavy atom. The second kappa shape index (κ2) is 10.7. The smallest absolute Gasteiger partial charge is 0.225 e. The number of methoxy groups -OCH3 is 2. The lowest BCUT2D eigenvalue weighted by Gasteiger charge is -2.12. The maximum absolute atomic E-state index is 12.6. The maximum atomic E-state index is 12.6. The van der Waals surface area contributed by atoms with Crippen LogP contribution >= 0.6 is 7.80 Å². The van der Waals surface area contributed by atoms with Gasteiger partial charge in [0.1, 0.15) is 24.9 Å². The third kappa shape index (κ3) is 5.88. The molecule has 1 aliphatic carbocycles. The third-order valence-electron chi connectivity index (χ3n) is 5.15. The van der Waals surface area contributed by atoms with Gasteiger partial charge in [0.05, 0.1) is 14.2 Å². The van der Waals surface area contributed by atoms with Gasteiger partial charge in [-0.2, -0.15) is 0 Å². The minimum atomic E-state index is -2.33. The molecular weight excluding hydrogens is 335 g/mol. The number of hydrogen-bond donors (Lipinski definition) is 0. The Balaban J connectivity index is 1.76. The lowest BCUT2D eigenvalue weighted by molar-refractivity contribution is 0.107. The fourth-order valence-corrected chi connectivity index (χ4v) is 5.02. The van der Waals surface area contributed by atoms with E-state index in [2.05, 4.69) is 0 Å². The first-order valence-corrected chi connectivity index (χ1v) is 11.1. The predicted molar refractivity (Wildman–Crippen MR) is 103 cm³/mol. The zero-order valence-electron chi connectivity index (χ0n) is 15.5. The Kier molecular flexibility index (Phi) is 8.54. The molecule has 0 aromatic heterocycles. The van der Waals surface area contributed by atoms with Gasteiger partial charge in [0.15, 0.2) is 0 Å². The van der Waals surface area contributed by atoms with Crippen molar-refractivity contribution in [3.8, 4) is 11.5 Å². The third-order valence-corrected chi connectivity index (χ3v) is 6.71. The highest BCUT2D eigenvalue weighted by atomic mass is 31.1. The topological polar surface area (TPSA) is 52.6 Å². The molecule has 4 nitrogen and oxygen atoms in total. The largest absolute Gasteiger partial charge is 0.496 e. The van der Waals surface area contributed by atoms with Crippen LogP contribution in [-0.4, -0.2) is 25.9 Å². The molecule has 1 aliphatic rings. The quantitative estimate of drug-likeness (QED) is 0.381. The SMILES string of the molecule is COc1cccc(OC)c1C(=O)[PH](=O)CCCCCCC1CCCC1. The molecule has 1 unspecified atom stereocenters. The van der Waals surface area contributed by atoms with E-state index in [1.165, 1.54) is 59.2 Å². The first-order chi connectivity index (χ1) is 12.2. The molecule has 0 N–H and O–H groups in total. The van der Waals surface area contributed by atoms with Crippen molar-refractivity contribution >= 4 is 13.3 Å². The molecule has 140 valence electrons. The lowest BCUT2D eigenvalue weighted by Crippen LogP contribution is -2.03. The number of unbranched alkanes of at least 4 members (excludes halogenated alkanes) is 3. The zero-order chi connectivity index (χ0) is 18.1. The molecule has 0 aliphatic heterocycles. The van der Waals surface area contributed by atoms with Crippen LogP contribution < -0.4 is 9.47 Å². The first kappa shape index (κ1) is 20.0. The molecule has 25 heavy (non-hydrogen) atoms. The van der Waals surface area contributed by atoms with Gasteiger partial charge < -0.3 is 14.0 Å². The summed E-state index contributed by atoms with van der Waals surface area (Å²) in [4.78, 5) is 12.6. The average Bonchev–Trinajstić information content (AvgIpc) is 3.16. The minimum Gasteiger partial charge on any atom is -0.496 e. The molecule has 1 atom stereocenters. The van der Waals surface area contributed by atoms with Crippen molar-refractivity contribution < 1.29 is 18.8 Å². The van der Waals surface area contributed by atoms with Crippen molar-refractivity contribution in [2.24, 2.45) is 5.92 Å². The first-order valence-electron chi connectivity index (χ1n) is 9.46. The van der Waals surface area contributed by atoms with Crippen molar-refractivity contribution in [2.75, 3.05) is 20.4 Å². The van der Waals surface area contributed by atoms with Crippen molar-refractivity contribution in [2.45, 2.75) is 57.8 Å². The highest BCUT2D eigenvalue weighted by molar-refractivity contribution is 7.64. The van der Waals surface area contributed by atoms with E-state index < -0.39 is 7.80 Å². The Morgan fingerprint density at radius 2 is 1.64 bits per heavy atom. The molecular formula is C20H31O4P. The van der Waals surface area contributed by atoms with E-state index in [4.69, 9.17) is 9.47 Å². The van der Waals surface area contributed by atoms with E-state index in [0.29, 0.717) is 23.2 Å². The number of hydrogen-bond acceptors (Lipinski definition) is 4. The van der Waals surface area contributed by atoms with Crippen LogP contribution in [0.25, 0.3) is 0 Å². The monoisotopic (exact) mass is 366 g/mol. The second-order valence-corrected chi connectivity index (χ2v) is 8.69. The number of benzene rings is 1. The Bertz CT molecular complexity index is 557. The molecule has 1 saturated carbocycles. The Morgan fingerprint density at radius 3 is 2.24 bits per heavy atom. The Labute approximate surface area is 152 Å². The summed E-state index contributed by atoms with van der Waals surface area (Å²) in [6.07, 6.45) is 11.8. The molecule has 0 amide bonds. The number of carbonyl (C=O) groups is 1. The van der Waals surface area contributed by atoms with Gasteiger partial charge in [-0.1, -0.05) is 57.4 Å². The van der Waals surface area contributed by atoms with Gasteiger partial charge in [-0.25, -0.2) is 0 Å². The second-order valence-electron chi connectivity index (χ2n) is 6.89.